The Hall–Kier alpha value is -3.36. The molecule has 0 unspecified atom stereocenters. The average Bonchev–Trinajstić information content (AvgIpc) is 2.71. The maximum absolute atomic E-state index is 14.0. The van der Waals surface area contributed by atoms with Gasteiger partial charge in [-0.15, -0.1) is 0 Å². The monoisotopic (exact) mass is 416 g/mol. The largest absolute Gasteiger partial charge is 0.502 e. The Bertz CT molecular complexity index is 1030. The number of halogens is 1. The number of rotatable bonds is 3. The van der Waals surface area contributed by atoms with Crippen molar-refractivity contribution < 1.29 is 19.1 Å². The molecule has 2 heterocycles. The summed E-state index contributed by atoms with van der Waals surface area (Å²) in [4.78, 5) is 39.3. The first kappa shape index (κ1) is 21.4. The topological polar surface area (TPSA) is 104 Å². The van der Waals surface area contributed by atoms with E-state index >= 15 is 0 Å². The summed E-state index contributed by atoms with van der Waals surface area (Å²) in [6.07, 6.45) is 3.74. The molecule has 0 saturated heterocycles. The third-order valence-corrected chi connectivity index (χ3v) is 5.08. The van der Waals surface area contributed by atoms with Gasteiger partial charge in [0.15, 0.2) is 11.4 Å². The minimum absolute atomic E-state index is 0.123. The molecule has 0 bridgehead atoms. The molecule has 1 aliphatic rings. The number of nitrogens with one attached hydrogen (secondary N) is 2. The van der Waals surface area contributed by atoms with E-state index in [0.717, 1.165) is 24.8 Å². The van der Waals surface area contributed by atoms with Crippen LogP contribution >= 0.6 is 0 Å². The molecule has 160 valence electrons. The summed E-state index contributed by atoms with van der Waals surface area (Å²) in [5.41, 5.74) is 2.47. The molecular weight excluding hydrogens is 391 g/mol. The maximum Gasteiger partial charge on any atom is 0.276 e. The average molecular weight is 416 g/mol. The first-order valence-corrected chi connectivity index (χ1v) is 9.80. The lowest BCUT2D eigenvalue weighted by molar-refractivity contribution is 0.0775. The van der Waals surface area contributed by atoms with Gasteiger partial charge in [0.05, 0.1) is 0 Å². The summed E-state index contributed by atoms with van der Waals surface area (Å²) in [5, 5.41) is 12.9. The number of hydrogen-bond donors (Lipinski definition) is 3. The van der Waals surface area contributed by atoms with Crippen LogP contribution in [0.4, 0.5) is 4.39 Å². The number of nitrogens with zero attached hydrogens (tertiary/aromatic N) is 2. The smallest absolute Gasteiger partial charge is 0.276 e. The molecule has 1 aliphatic heterocycles. The minimum atomic E-state index is -0.955. The van der Waals surface area contributed by atoms with Gasteiger partial charge in [0, 0.05) is 38.4 Å². The van der Waals surface area contributed by atoms with Crippen LogP contribution in [-0.4, -0.2) is 46.6 Å². The molecule has 30 heavy (non-hydrogen) atoms. The summed E-state index contributed by atoms with van der Waals surface area (Å²) in [6, 6.07) is 4.62. The van der Waals surface area contributed by atoms with E-state index in [1.165, 1.54) is 21.8 Å². The molecule has 0 radical (unpaired) electrons. The number of fused-ring (bicyclic) bond motifs is 1. The fourth-order valence-corrected chi connectivity index (χ4v) is 3.29. The molecule has 0 atom stereocenters. The highest BCUT2D eigenvalue weighted by Crippen LogP contribution is 2.17. The third-order valence-electron chi connectivity index (χ3n) is 5.08. The molecule has 3 rings (SSSR count). The molecule has 2 amide bonds. The number of amides is 2. The number of benzene rings is 1. The van der Waals surface area contributed by atoms with Crippen LogP contribution in [-0.2, 0) is 6.54 Å². The molecule has 9 heteroatoms. The first-order valence-electron chi connectivity index (χ1n) is 9.80. The van der Waals surface area contributed by atoms with Crippen LogP contribution in [0.3, 0.4) is 0 Å². The van der Waals surface area contributed by atoms with Crippen molar-refractivity contribution >= 4 is 11.8 Å². The second kappa shape index (κ2) is 8.98. The van der Waals surface area contributed by atoms with E-state index < -0.39 is 28.8 Å². The number of hydrogen-bond acceptors (Lipinski definition) is 5. The van der Waals surface area contributed by atoms with Crippen LogP contribution < -0.4 is 16.2 Å². The Kier molecular flexibility index (Phi) is 6.39. The Morgan fingerprint density at radius 2 is 2.03 bits per heavy atom. The maximum atomic E-state index is 14.0. The highest BCUT2D eigenvalue weighted by molar-refractivity contribution is 5.98. The van der Waals surface area contributed by atoms with Crippen molar-refractivity contribution in [2.45, 2.75) is 32.7 Å². The molecule has 3 N–H and O–H groups in total. The summed E-state index contributed by atoms with van der Waals surface area (Å²) >= 11 is 0. The molecule has 0 saturated carbocycles. The van der Waals surface area contributed by atoms with Gasteiger partial charge in [-0.3, -0.25) is 19.1 Å². The quantitative estimate of drug-likeness (QED) is 0.707. The summed E-state index contributed by atoms with van der Waals surface area (Å²) < 4.78 is 15.2. The van der Waals surface area contributed by atoms with Crippen LogP contribution in [0, 0.1) is 12.7 Å². The molecule has 1 aromatic carbocycles. The van der Waals surface area contributed by atoms with Crippen molar-refractivity contribution in [3.05, 3.63) is 62.8 Å². The van der Waals surface area contributed by atoms with E-state index in [9.17, 15) is 23.9 Å². The van der Waals surface area contributed by atoms with E-state index in [2.05, 4.69) is 10.7 Å². The molecule has 0 aliphatic carbocycles. The molecule has 2 aromatic rings. The minimum Gasteiger partial charge on any atom is -0.502 e. The fraction of sp³-hybridized carbons (Fsp3) is 0.381. The van der Waals surface area contributed by atoms with Crippen molar-refractivity contribution in [2.75, 3.05) is 25.6 Å². The van der Waals surface area contributed by atoms with Gasteiger partial charge in [0.1, 0.15) is 11.4 Å². The van der Waals surface area contributed by atoms with E-state index in [1.54, 1.807) is 26.1 Å². The van der Waals surface area contributed by atoms with Crippen molar-refractivity contribution in [1.29, 1.82) is 0 Å². The number of pyridine rings is 1. The Labute approximate surface area is 173 Å². The van der Waals surface area contributed by atoms with Crippen LogP contribution in [0.5, 0.6) is 5.75 Å². The summed E-state index contributed by atoms with van der Waals surface area (Å²) in [6.45, 7) is 2.63. The highest BCUT2D eigenvalue weighted by Gasteiger charge is 2.26. The zero-order valence-electron chi connectivity index (χ0n) is 17.0. The molecule has 0 fully saturated rings. The summed E-state index contributed by atoms with van der Waals surface area (Å²) in [7, 11) is 1.59. The Morgan fingerprint density at radius 1 is 1.27 bits per heavy atom. The van der Waals surface area contributed by atoms with Gasteiger partial charge in [-0.1, -0.05) is 12.1 Å². The van der Waals surface area contributed by atoms with Gasteiger partial charge in [-0.25, -0.2) is 4.39 Å². The number of carbonyl (C=O) groups is 2. The van der Waals surface area contributed by atoms with Crippen molar-refractivity contribution in [3.63, 3.8) is 0 Å². The third kappa shape index (κ3) is 4.45. The lowest BCUT2D eigenvalue weighted by atomic mass is 10.1. The number of carbonyl (C=O) groups excluding carboxylic acids is 2. The predicted molar refractivity (Wildman–Crippen MR) is 110 cm³/mol. The van der Waals surface area contributed by atoms with E-state index in [4.69, 9.17) is 0 Å². The zero-order valence-corrected chi connectivity index (χ0v) is 17.0. The van der Waals surface area contributed by atoms with Gasteiger partial charge in [-0.05, 0) is 37.8 Å². The Balaban J connectivity index is 1.91. The highest BCUT2D eigenvalue weighted by atomic mass is 19.1. The van der Waals surface area contributed by atoms with Crippen LogP contribution in [0.1, 0.15) is 51.2 Å². The molecular formula is C21H25FN4O4. The second-order valence-electron chi connectivity index (χ2n) is 7.41. The SMILES string of the molecule is Cc1ccc(CNC(=O)c2cn3c(c(O)c2=O)C(=O)N(C)CCCCCN3)c(F)c1. The standard InChI is InChI=1S/C21H25FN4O4/c1-13-6-7-14(16(22)10-13)11-23-20(29)15-12-26-17(19(28)18(15)27)21(30)25(2)9-5-3-4-8-24-26/h6-7,10,12,24,28H,3-5,8-9,11H2,1-2H3,(H,23,29). The molecule has 0 spiro atoms. The van der Waals surface area contributed by atoms with Gasteiger partial charge >= 0.3 is 0 Å². The van der Waals surface area contributed by atoms with E-state index in [1.807, 2.05) is 0 Å². The lowest BCUT2D eigenvalue weighted by Crippen LogP contribution is -2.37. The van der Waals surface area contributed by atoms with Crippen molar-refractivity contribution in [2.24, 2.45) is 0 Å². The van der Waals surface area contributed by atoms with Crippen LogP contribution in [0.2, 0.25) is 0 Å². The van der Waals surface area contributed by atoms with E-state index in [-0.39, 0.29) is 23.4 Å². The summed E-state index contributed by atoms with van der Waals surface area (Å²) in [5.74, 6) is -2.55. The molecule has 8 nitrogen and oxygen atoms in total. The Morgan fingerprint density at radius 3 is 2.77 bits per heavy atom. The van der Waals surface area contributed by atoms with E-state index in [0.29, 0.717) is 13.1 Å². The van der Waals surface area contributed by atoms with Crippen LogP contribution in [0.15, 0.2) is 29.2 Å². The predicted octanol–water partition coefficient (Wildman–Crippen LogP) is 1.73. The second-order valence-corrected chi connectivity index (χ2v) is 7.41. The fourth-order valence-electron chi connectivity index (χ4n) is 3.29. The van der Waals surface area contributed by atoms with Gasteiger partial charge < -0.3 is 20.7 Å². The normalized spacial score (nSPS) is 14.6. The number of aromatic hydroxyl groups is 1. The van der Waals surface area contributed by atoms with Crippen molar-refractivity contribution in [1.82, 2.24) is 14.9 Å². The number of aryl methyl sites for hydroxylation is 1. The van der Waals surface area contributed by atoms with Gasteiger partial charge in [0.25, 0.3) is 11.8 Å². The number of aromatic nitrogens is 1. The van der Waals surface area contributed by atoms with Crippen molar-refractivity contribution in [3.8, 4) is 5.75 Å². The zero-order chi connectivity index (χ0) is 21.8. The van der Waals surface area contributed by atoms with Gasteiger partial charge in [-0.2, -0.15) is 0 Å². The van der Waals surface area contributed by atoms with Gasteiger partial charge in [0.2, 0.25) is 5.43 Å². The lowest BCUT2D eigenvalue weighted by Gasteiger charge is -2.24. The molecule has 1 aromatic heterocycles. The first-order chi connectivity index (χ1) is 14.3. The van der Waals surface area contributed by atoms with Crippen LogP contribution in [0.25, 0.3) is 0 Å².